The van der Waals surface area contributed by atoms with E-state index in [1.807, 2.05) is 96.1 Å². The Morgan fingerprint density at radius 1 is 0.611 bits per heavy atom. The van der Waals surface area contributed by atoms with Crippen LogP contribution in [0.4, 0.5) is 9.59 Å². The number of nitrogens with zero attached hydrogens (tertiary/aromatic N) is 5. The average molecular weight is 1010 g/mol. The quantitative estimate of drug-likeness (QED) is 0.0670. The molecule has 0 spiro atoms. The molecule has 3 aromatic heterocycles. The molecular formula is C55H72ClN9O7. The lowest BCUT2D eigenvalue weighted by atomic mass is 9.76. The van der Waals surface area contributed by atoms with Crippen LogP contribution in [0.1, 0.15) is 138 Å². The first-order valence-corrected chi connectivity index (χ1v) is 24.9. The number of nitrogens with one attached hydrogen (secondary N) is 4. The average Bonchev–Trinajstić information content (AvgIpc) is 4.19. The van der Waals surface area contributed by atoms with Crippen molar-refractivity contribution in [2.45, 2.75) is 118 Å². The van der Waals surface area contributed by atoms with Gasteiger partial charge in [0.25, 0.3) is 0 Å². The van der Waals surface area contributed by atoms with E-state index < -0.39 is 22.0 Å². The van der Waals surface area contributed by atoms with Gasteiger partial charge in [-0.05, 0) is 141 Å². The monoisotopic (exact) mass is 1010 g/mol. The molecular weight excluding hydrogens is 934 g/mol. The number of aromatic amines is 3. The van der Waals surface area contributed by atoms with Gasteiger partial charge in [-0.25, -0.2) is 9.59 Å². The number of Topliss-reactive ketones (excluding diaryl/α,β-unsaturated/α-hetero) is 3. The van der Waals surface area contributed by atoms with Gasteiger partial charge in [-0.1, -0.05) is 32.8 Å². The first-order chi connectivity index (χ1) is 33.7. The van der Waals surface area contributed by atoms with Crippen LogP contribution >= 0.6 is 12.4 Å². The fourth-order valence-corrected chi connectivity index (χ4v) is 10.3. The fourth-order valence-electron chi connectivity index (χ4n) is 10.3. The molecule has 3 saturated heterocycles. The normalized spacial score (nSPS) is 20.8. The molecule has 9 rings (SSSR count). The van der Waals surface area contributed by atoms with Crippen molar-refractivity contribution in [3.63, 3.8) is 0 Å². The standard InChI is InChI=1S/C20H27N3O3.C20H25N3O3.C15H19N3O.ClH/c2*1-5-8-20(9-10-23(13-20)18(25)26-19(2,3)4)17(24)14-6-7-16-15(11-14)12-21-22-16;1-2-5-15(6-7-16-10-15)14(19)11-3-4-13-12(8-11)9-17-18-13;/h6-7,11-12H,5,8-10,13H2,1-4H3,(H,21,22);5-7,11-12H,1,8-10,13H2,2-4H3,(H,21,22);3-4,8-9,16H,2,5-7,10H2,1H3,(H,17,18);1H. The number of H-pyrrole nitrogens is 3. The van der Waals surface area contributed by atoms with E-state index >= 15 is 0 Å². The number of fused-ring (bicyclic) bond motifs is 3. The Kier molecular flexibility index (Phi) is 17.2. The summed E-state index contributed by atoms with van der Waals surface area (Å²) in [5.41, 5.74) is 2.40. The second kappa shape index (κ2) is 22.6. The predicted octanol–water partition coefficient (Wildman–Crippen LogP) is 11.1. The third-order valence-corrected chi connectivity index (χ3v) is 13.8. The molecule has 3 aliphatic heterocycles. The summed E-state index contributed by atoms with van der Waals surface area (Å²) < 4.78 is 11.0. The lowest BCUT2D eigenvalue weighted by Gasteiger charge is -2.29. The number of rotatable bonds is 12. The van der Waals surface area contributed by atoms with E-state index in [1.54, 1.807) is 34.5 Å². The molecule has 72 heavy (non-hydrogen) atoms. The molecule has 0 aliphatic carbocycles. The van der Waals surface area contributed by atoms with Crippen molar-refractivity contribution < 1.29 is 33.4 Å². The number of allylic oxidation sites excluding steroid dienone is 1. The van der Waals surface area contributed by atoms with Crippen molar-refractivity contribution in [2.24, 2.45) is 16.2 Å². The Morgan fingerprint density at radius 2 is 1.00 bits per heavy atom. The van der Waals surface area contributed by atoms with Gasteiger partial charge < -0.3 is 24.6 Å². The summed E-state index contributed by atoms with van der Waals surface area (Å²) in [5.74, 6) is 0.419. The summed E-state index contributed by atoms with van der Waals surface area (Å²) >= 11 is 0. The molecule has 3 unspecified atom stereocenters. The summed E-state index contributed by atoms with van der Waals surface area (Å²) in [7, 11) is 0. The summed E-state index contributed by atoms with van der Waals surface area (Å²) in [5, 5.41) is 26.9. The highest BCUT2D eigenvalue weighted by atomic mass is 35.5. The topological polar surface area (TPSA) is 208 Å². The molecule has 3 fully saturated rings. The number of aromatic nitrogens is 6. The molecule has 386 valence electrons. The molecule has 6 aromatic rings. The number of carbonyl (C=O) groups is 5. The predicted molar refractivity (Wildman–Crippen MR) is 283 cm³/mol. The van der Waals surface area contributed by atoms with Crippen LogP contribution in [0, 0.1) is 16.2 Å². The van der Waals surface area contributed by atoms with Gasteiger partial charge in [0.1, 0.15) is 11.2 Å². The van der Waals surface area contributed by atoms with E-state index in [4.69, 9.17) is 9.47 Å². The van der Waals surface area contributed by atoms with Gasteiger partial charge in [0.05, 0.1) is 46.0 Å². The lowest BCUT2D eigenvalue weighted by Crippen LogP contribution is -2.39. The Labute approximate surface area is 428 Å². The van der Waals surface area contributed by atoms with E-state index in [9.17, 15) is 24.0 Å². The van der Waals surface area contributed by atoms with Gasteiger partial charge in [0.15, 0.2) is 17.3 Å². The maximum atomic E-state index is 13.4. The highest BCUT2D eigenvalue weighted by molar-refractivity contribution is 6.05. The second-order valence-electron chi connectivity index (χ2n) is 21.6. The van der Waals surface area contributed by atoms with Gasteiger partial charge in [-0.3, -0.25) is 29.7 Å². The third-order valence-electron chi connectivity index (χ3n) is 13.8. The summed E-state index contributed by atoms with van der Waals surface area (Å²) in [6, 6.07) is 16.9. The van der Waals surface area contributed by atoms with Crippen LogP contribution in [0.3, 0.4) is 0 Å². The highest BCUT2D eigenvalue weighted by Gasteiger charge is 2.48. The van der Waals surface area contributed by atoms with Crippen LogP contribution in [0.25, 0.3) is 32.7 Å². The van der Waals surface area contributed by atoms with E-state index in [0.717, 1.165) is 83.5 Å². The molecule has 0 bridgehead atoms. The maximum Gasteiger partial charge on any atom is 0.410 e. The molecule has 16 nitrogen and oxygen atoms in total. The van der Waals surface area contributed by atoms with Crippen molar-refractivity contribution in [3.05, 3.63) is 103 Å². The smallest absolute Gasteiger partial charge is 0.410 e. The number of amides is 2. The molecule has 0 saturated carbocycles. The van der Waals surface area contributed by atoms with Gasteiger partial charge in [0.2, 0.25) is 0 Å². The summed E-state index contributed by atoms with van der Waals surface area (Å²) in [6.07, 6.45) is 12.6. The number of likely N-dealkylation sites (tertiary alicyclic amines) is 2. The molecule has 2 amide bonds. The molecule has 0 radical (unpaired) electrons. The zero-order chi connectivity index (χ0) is 51.2. The minimum Gasteiger partial charge on any atom is -0.444 e. The molecule has 3 aromatic carbocycles. The van der Waals surface area contributed by atoms with Crippen molar-refractivity contribution in [2.75, 3.05) is 39.3 Å². The van der Waals surface area contributed by atoms with Crippen LogP contribution in [0.5, 0.6) is 0 Å². The largest absolute Gasteiger partial charge is 0.444 e. The van der Waals surface area contributed by atoms with Gasteiger partial charge >= 0.3 is 12.2 Å². The highest BCUT2D eigenvalue weighted by Crippen LogP contribution is 2.41. The van der Waals surface area contributed by atoms with Crippen LogP contribution in [-0.2, 0) is 9.47 Å². The van der Waals surface area contributed by atoms with Crippen LogP contribution in [0.2, 0.25) is 0 Å². The zero-order valence-electron chi connectivity index (χ0n) is 43.1. The van der Waals surface area contributed by atoms with Gasteiger partial charge in [-0.15, -0.1) is 19.0 Å². The summed E-state index contributed by atoms with van der Waals surface area (Å²) in [4.78, 5) is 67.7. The lowest BCUT2D eigenvalue weighted by molar-refractivity contribution is 0.0261. The molecule has 4 N–H and O–H groups in total. The number of ketones is 3. The fraction of sp³-hybridized carbons (Fsp3) is 0.491. The Hall–Kier alpha value is -6.39. The third kappa shape index (κ3) is 12.4. The van der Waals surface area contributed by atoms with Crippen molar-refractivity contribution in [3.8, 4) is 0 Å². The van der Waals surface area contributed by atoms with Gasteiger partial charge in [-0.2, -0.15) is 15.3 Å². The SMILES string of the molecule is C=CCC1(C(=O)c2ccc3[nH]ncc3c2)CCN(C(=O)OC(C)(C)C)C1.CCCC1(C(=O)c2ccc3[nH]ncc3c2)CCN(C(=O)OC(C)(C)C)C1.CCCC1(C(=O)c2ccc3[nH]ncc3c2)CCNC1.Cl. The van der Waals surface area contributed by atoms with E-state index in [-0.39, 0.29) is 47.4 Å². The Bertz CT molecular complexity index is 2890. The van der Waals surface area contributed by atoms with E-state index in [0.29, 0.717) is 56.6 Å². The van der Waals surface area contributed by atoms with Crippen LogP contribution in [0.15, 0.2) is 85.8 Å². The minimum atomic E-state index is -0.657. The molecule has 6 heterocycles. The van der Waals surface area contributed by atoms with Gasteiger partial charge in [0, 0.05) is 71.0 Å². The number of hydrogen-bond acceptors (Lipinski definition) is 11. The Balaban J connectivity index is 0.000000177. The van der Waals surface area contributed by atoms with Crippen molar-refractivity contribution in [1.82, 2.24) is 45.7 Å². The zero-order valence-corrected chi connectivity index (χ0v) is 43.9. The van der Waals surface area contributed by atoms with E-state index in [2.05, 4.69) is 56.3 Å². The number of benzene rings is 3. The molecule has 3 atom stereocenters. The maximum absolute atomic E-state index is 13.4. The number of carbonyl (C=O) groups excluding carboxylic acids is 5. The van der Waals surface area contributed by atoms with Crippen molar-refractivity contribution in [1.29, 1.82) is 0 Å². The van der Waals surface area contributed by atoms with Crippen LogP contribution < -0.4 is 5.32 Å². The molecule has 3 aliphatic rings. The first kappa shape index (κ1) is 54.9. The Morgan fingerprint density at radius 3 is 1.39 bits per heavy atom. The minimum absolute atomic E-state index is 0. The second-order valence-corrected chi connectivity index (χ2v) is 21.6. The first-order valence-electron chi connectivity index (χ1n) is 24.9. The molecule has 17 heteroatoms. The van der Waals surface area contributed by atoms with Crippen molar-refractivity contribution >= 4 is 74.7 Å². The number of halogens is 1. The summed E-state index contributed by atoms with van der Waals surface area (Å²) in [6.45, 7) is 22.7. The van der Waals surface area contributed by atoms with E-state index in [1.165, 1.54) is 0 Å². The van der Waals surface area contributed by atoms with Crippen LogP contribution in [-0.4, -0.2) is 120 Å². The number of ether oxygens (including phenoxy) is 2. The number of hydrogen-bond donors (Lipinski definition) is 4.